The number of nitrogens with zero attached hydrogens (tertiary/aromatic N) is 2. The van der Waals surface area contributed by atoms with Gasteiger partial charge in [-0.25, -0.2) is 14.8 Å². The van der Waals surface area contributed by atoms with Gasteiger partial charge >= 0.3 is 5.63 Å². The van der Waals surface area contributed by atoms with Gasteiger partial charge in [-0.05, 0) is 34.0 Å². The van der Waals surface area contributed by atoms with Crippen molar-refractivity contribution in [1.29, 1.82) is 0 Å². The van der Waals surface area contributed by atoms with Crippen LogP contribution >= 0.6 is 22.7 Å². The molecule has 3 aromatic heterocycles. The molecule has 176 valence electrons. The van der Waals surface area contributed by atoms with Gasteiger partial charge in [0, 0.05) is 21.7 Å². The summed E-state index contributed by atoms with van der Waals surface area (Å²) in [6.07, 6.45) is 0. The highest BCUT2D eigenvalue weighted by Gasteiger charge is 2.16. The fourth-order valence-electron chi connectivity index (χ4n) is 4.51. The lowest BCUT2D eigenvalue weighted by Gasteiger charge is -2.04. The van der Waals surface area contributed by atoms with Crippen LogP contribution in [0.3, 0.4) is 0 Å². The maximum Gasteiger partial charge on any atom is 0.345 e. The van der Waals surface area contributed by atoms with Gasteiger partial charge in [0.2, 0.25) is 0 Å². The lowest BCUT2D eigenvalue weighted by atomic mass is 10.0. The van der Waals surface area contributed by atoms with E-state index in [2.05, 4.69) is 42.5 Å². The third-order valence-electron chi connectivity index (χ3n) is 6.40. The Hall–Kier alpha value is -4.39. The van der Waals surface area contributed by atoms with Crippen molar-refractivity contribution in [2.24, 2.45) is 0 Å². The summed E-state index contributed by atoms with van der Waals surface area (Å²) in [4.78, 5) is 22.4. The van der Waals surface area contributed by atoms with Crippen molar-refractivity contribution in [2.75, 3.05) is 0 Å². The van der Waals surface area contributed by atoms with Gasteiger partial charge in [0.15, 0.2) is 10.0 Å². The molecule has 0 radical (unpaired) electrons. The first-order chi connectivity index (χ1) is 18.2. The Morgan fingerprint density at radius 1 is 0.595 bits per heavy atom. The molecule has 4 nitrogen and oxygen atoms in total. The third kappa shape index (κ3) is 3.96. The molecule has 0 spiro atoms. The molecule has 0 N–H and O–H groups in total. The number of rotatable bonds is 4. The van der Waals surface area contributed by atoms with Crippen LogP contribution in [0.4, 0.5) is 0 Å². The standard InChI is InChI=1S/C31H18N2O2S2/c34-31-25(16-24-23-9-5-4-8-21(23)14-15-28(24)35-31)27-18-37-30(33-27)29-32-26(17-36-29)22-12-10-20(11-13-22)19-6-2-1-3-7-19/h1-18H. The number of fused-ring (bicyclic) bond motifs is 3. The molecule has 0 saturated heterocycles. The van der Waals surface area contributed by atoms with Gasteiger partial charge in [-0.3, -0.25) is 0 Å². The van der Waals surface area contributed by atoms with Crippen molar-refractivity contribution in [1.82, 2.24) is 9.97 Å². The van der Waals surface area contributed by atoms with Gasteiger partial charge in [-0.2, -0.15) is 0 Å². The van der Waals surface area contributed by atoms with E-state index >= 15 is 0 Å². The van der Waals surface area contributed by atoms with Crippen LogP contribution < -0.4 is 5.63 Å². The number of thiazole rings is 2. The summed E-state index contributed by atoms with van der Waals surface area (Å²) in [6.45, 7) is 0. The zero-order valence-electron chi connectivity index (χ0n) is 19.4. The molecule has 0 aliphatic rings. The highest BCUT2D eigenvalue weighted by molar-refractivity contribution is 7.20. The van der Waals surface area contributed by atoms with Crippen LogP contribution in [-0.4, -0.2) is 9.97 Å². The van der Waals surface area contributed by atoms with Gasteiger partial charge in [0.25, 0.3) is 0 Å². The van der Waals surface area contributed by atoms with E-state index < -0.39 is 5.63 Å². The third-order valence-corrected chi connectivity index (χ3v) is 8.22. The van der Waals surface area contributed by atoms with Gasteiger partial charge in [-0.1, -0.05) is 84.9 Å². The lowest BCUT2D eigenvalue weighted by molar-refractivity contribution is 0.563. The fourth-order valence-corrected chi connectivity index (χ4v) is 6.21. The first-order valence-electron chi connectivity index (χ1n) is 11.8. The van der Waals surface area contributed by atoms with Crippen LogP contribution in [0, 0.1) is 0 Å². The zero-order valence-corrected chi connectivity index (χ0v) is 21.1. The minimum atomic E-state index is -0.391. The molecule has 6 heteroatoms. The minimum Gasteiger partial charge on any atom is -0.422 e. The maximum absolute atomic E-state index is 12.8. The van der Waals surface area contributed by atoms with Crippen molar-refractivity contribution in [3.8, 4) is 43.7 Å². The summed E-state index contributed by atoms with van der Waals surface area (Å²) in [5.41, 5.74) is 5.57. The smallest absolute Gasteiger partial charge is 0.345 e. The van der Waals surface area contributed by atoms with Gasteiger partial charge < -0.3 is 4.42 Å². The lowest BCUT2D eigenvalue weighted by Crippen LogP contribution is -2.03. The van der Waals surface area contributed by atoms with E-state index in [9.17, 15) is 4.79 Å². The molecular formula is C31H18N2O2S2. The summed E-state index contributed by atoms with van der Waals surface area (Å²) in [7, 11) is 0. The quantitative estimate of drug-likeness (QED) is 0.174. The van der Waals surface area contributed by atoms with Crippen LogP contribution in [0.5, 0.6) is 0 Å². The van der Waals surface area contributed by atoms with Crippen molar-refractivity contribution < 1.29 is 4.42 Å². The molecule has 7 rings (SSSR count). The average Bonchev–Trinajstić information content (AvgIpc) is 3.64. The number of aromatic nitrogens is 2. The summed E-state index contributed by atoms with van der Waals surface area (Å²) in [5, 5.41) is 8.60. The Morgan fingerprint density at radius 3 is 2.05 bits per heavy atom. The molecule has 4 aromatic carbocycles. The SMILES string of the molecule is O=c1oc2ccc3ccccc3c2cc1-c1csc(-c2nc(-c3ccc(-c4ccccc4)cc3)cs2)n1. The summed E-state index contributed by atoms with van der Waals surface area (Å²) in [6, 6.07) is 32.5. The highest BCUT2D eigenvalue weighted by atomic mass is 32.1. The predicted molar refractivity (Wildman–Crippen MR) is 153 cm³/mol. The number of hydrogen-bond acceptors (Lipinski definition) is 6. The molecule has 0 amide bonds. The highest BCUT2D eigenvalue weighted by Crippen LogP contribution is 2.34. The number of benzene rings is 4. The van der Waals surface area contributed by atoms with E-state index in [4.69, 9.17) is 14.4 Å². The Kier molecular flexibility index (Phi) is 5.27. The van der Waals surface area contributed by atoms with Crippen LogP contribution in [0.1, 0.15) is 0 Å². The largest absolute Gasteiger partial charge is 0.422 e. The maximum atomic E-state index is 12.8. The van der Waals surface area contributed by atoms with Crippen molar-refractivity contribution >= 4 is 44.4 Å². The molecule has 0 unspecified atom stereocenters. The van der Waals surface area contributed by atoms with Crippen molar-refractivity contribution in [3.05, 3.63) is 118 Å². The Morgan fingerprint density at radius 2 is 1.24 bits per heavy atom. The van der Waals surface area contributed by atoms with E-state index in [1.165, 1.54) is 22.5 Å². The first kappa shape index (κ1) is 21.9. The average molecular weight is 515 g/mol. The molecule has 37 heavy (non-hydrogen) atoms. The van der Waals surface area contributed by atoms with Gasteiger partial charge in [0.1, 0.15) is 5.58 Å². The topological polar surface area (TPSA) is 56.0 Å². The minimum absolute atomic E-state index is 0.391. The number of hydrogen-bond donors (Lipinski definition) is 0. The molecule has 0 atom stereocenters. The predicted octanol–water partition coefficient (Wildman–Crippen LogP) is 8.53. The van der Waals surface area contributed by atoms with E-state index in [0.717, 1.165) is 37.4 Å². The molecule has 0 bridgehead atoms. The first-order valence-corrected chi connectivity index (χ1v) is 13.5. The molecule has 0 saturated carbocycles. The van der Waals surface area contributed by atoms with E-state index in [-0.39, 0.29) is 0 Å². The second-order valence-corrected chi connectivity index (χ2v) is 10.4. The normalized spacial score (nSPS) is 11.4. The van der Waals surface area contributed by atoms with E-state index in [0.29, 0.717) is 16.8 Å². The van der Waals surface area contributed by atoms with E-state index in [1.54, 1.807) is 11.3 Å². The van der Waals surface area contributed by atoms with Crippen molar-refractivity contribution in [3.63, 3.8) is 0 Å². The van der Waals surface area contributed by atoms with Crippen LogP contribution in [-0.2, 0) is 0 Å². The molecule has 3 heterocycles. The zero-order chi connectivity index (χ0) is 24.8. The van der Waals surface area contributed by atoms with Crippen LogP contribution in [0.25, 0.3) is 65.4 Å². The van der Waals surface area contributed by atoms with Crippen LogP contribution in [0.2, 0.25) is 0 Å². The molecule has 7 aromatic rings. The second-order valence-electron chi connectivity index (χ2n) is 8.67. The van der Waals surface area contributed by atoms with Gasteiger partial charge in [-0.15, -0.1) is 22.7 Å². The fraction of sp³-hybridized carbons (Fsp3) is 0. The summed E-state index contributed by atoms with van der Waals surface area (Å²) in [5.74, 6) is 0. The van der Waals surface area contributed by atoms with Gasteiger partial charge in [0.05, 0.1) is 17.0 Å². The molecule has 0 aliphatic heterocycles. The summed E-state index contributed by atoms with van der Waals surface area (Å²) < 4.78 is 5.67. The Labute approximate surface area is 220 Å². The monoisotopic (exact) mass is 514 g/mol. The van der Waals surface area contributed by atoms with E-state index in [1.807, 2.05) is 65.4 Å². The van der Waals surface area contributed by atoms with Crippen LogP contribution in [0.15, 0.2) is 117 Å². The molecular weight excluding hydrogens is 496 g/mol. The Bertz CT molecular complexity index is 1950. The van der Waals surface area contributed by atoms with Crippen molar-refractivity contribution in [2.45, 2.75) is 0 Å². The second kappa shape index (κ2) is 8.92. The molecule has 0 fully saturated rings. The Balaban J connectivity index is 1.21. The summed E-state index contributed by atoms with van der Waals surface area (Å²) >= 11 is 3.03. The molecule has 0 aliphatic carbocycles.